The Morgan fingerprint density at radius 1 is 1.56 bits per heavy atom. The molecule has 0 unspecified atom stereocenters. The molecule has 5 heteroatoms. The molecule has 0 fully saturated rings. The molecular formula is C13H17N3O2. The molecule has 0 radical (unpaired) electrons. The van der Waals surface area contributed by atoms with Gasteiger partial charge < -0.3 is 9.88 Å². The summed E-state index contributed by atoms with van der Waals surface area (Å²) in [6.45, 7) is 5.74. The normalized spacial score (nSPS) is 10.8. The number of hydrogen-bond donors (Lipinski definition) is 1. The fourth-order valence-electron chi connectivity index (χ4n) is 1.41. The molecule has 0 aliphatic heterocycles. The van der Waals surface area contributed by atoms with Crippen LogP contribution in [-0.2, 0) is 11.3 Å². The summed E-state index contributed by atoms with van der Waals surface area (Å²) >= 11 is 0. The van der Waals surface area contributed by atoms with Crippen LogP contribution >= 0.6 is 0 Å². The maximum atomic E-state index is 11.8. The molecule has 0 atom stereocenters. The molecule has 1 heterocycles. The van der Waals surface area contributed by atoms with Crippen LogP contribution in [0, 0.1) is 11.3 Å². The number of nitrogens with one attached hydrogen (secondary N) is 1. The van der Waals surface area contributed by atoms with Gasteiger partial charge in [0.1, 0.15) is 18.2 Å². The molecule has 0 spiro atoms. The zero-order chi connectivity index (χ0) is 13.8. The van der Waals surface area contributed by atoms with E-state index in [1.807, 2.05) is 20.8 Å². The van der Waals surface area contributed by atoms with E-state index < -0.39 is 5.56 Å². The minimum absolute atomic E-state index is 0.0417. The van der Waals surface area contributed by atoms with E-state index in [9.17, 15) is 9.59 Å². The number of nitrogens with zero attached hydrogens (tertiary/aromatic N) is 2. The molecule has 0 saturated heterocycles. The first-order valence-corrected chi connectivity index (χ1v) is 5.80. The Hall–Kier alpha value is -2.09. The van der Waals surface area contributed by atoms with Crippen molar-refractivity contribution in [1.29, 1.82) is 5.26 Å². The van der Waals surface area contributed by atoms with Crippen molar-refractivity contribution in [2.24, 2.45) is 0 Å². The van der Waals surface area contributed by atoms with Gasteiger partial charge >= 0.3 is 0 Å². The van der Waals surface area contributed by atoms with Gasteiger partial charge in [-0.1, -0.05) is 6.92 Å². The van der Waals surface area contributed by atoms with Gasteiger partial charge in [-0.2, -0.15) is 5.26 Å². The van der Waals surface area contributed by atoms with Crippen molar-refractivity contribution in [2.75, 3.05) is 0 Å². The van der Waals surface area contributed by atoms with E-state index in [0.29, 0.717) is 0 Å². The van der Waals surface area contributed by atoms with Gasteiger partial charge in [0.15, 0.2) is 0 Å². The van der Waals surface area contributed by atoms with Gasteiger partial charge in [-0.15, -0.1) is 0 Å². The molecule has 1 amide bonds. The van der Waals surface area contributed by atoms with Gasteiger partial charge in [-0.3, -0.25) is 9.59 Å². The minimum atomic E-state index is -0.440. The van der Waals surface area contributed by atoms with Crippen LogP contribution < -0.4 is 10.9 Å². The van der Waals surface area contributed by atoms with Gasteiger partial charge in [-0.05, 0) is 32.4 Å². The smallest absolute Gasteiger partial charge is 0.268 e. The molecule has 96 valence electrons. The summed E-state index contributed by atoms with van der Waals surface area (Å²) in [5, 5.41) is 11.6. The standard InChI is InChI=1S/C13H17N3O2/c1-4-13(2,3)15-11(17)9-16-7-5-6-10(8-14)12(16)18/h5-7H,4,9H2,1-3H3,(H,15,17). The van der Waals surface area contributed by atoms with Crippen molar-refractivity contribution in [2.45, 2.75) is 39.3 Å². The summed E-state index contributed by atoms with van der Waals surface area (Å²) < 4.78 is 1.24. The van der Waals surface area contributed by atoms with Crippen LogP contribution in [-0.4, -0.2) is 16.0 Å². The van der Waals surface area contributed by atoms with Gasteiger partial charge in [0.25, 0.3) is 5.56 Å². The van der Waals surface area contributed by atoms with Crippen molar-refractivity contribution in [1.82, 2.24) is 9.88 Å². The molecule has 0 aliphatic rings. The van der Waals surface area contributed by atoms with Crippen LogP contribution in [0.4, 0.5) is 0 Å². The Morgan fingerprint density at radius 2 is 2.22 bits per heavy atom. The van der Waals surface area contributed by atoms with Gasteiger partial charge in [0.2, 0.25) is 5.91 Å². The van der Waals surface area contributed by atoms with Crippen LogP contribution in [0.15, 0.2) is 23.1 Å². The highest BCUT2D eigenvalue weighted by molar-refractivity contribution is 5.76. The van der Waals surface area contributed by atoms with Crippen molar-refractivity contribution in [3.63, 3.8) is 0 Å². The van der Waals surface area contributed by atoms with Gasteiger partial charge in [-0.25, -0.2) is 0 Å². The van der Waals surface area contributed by atoms with E-state index in [-0.39, 0.29) is 23.6 Å². The lowest BCUT2D eigenvalue weighted by molar-refractivity contribution is -0.123. The summed E-state index contributed by atoms with van der Waals surface area (Å²) in [5.74, 6) is -0.237. The van der Waals surface area contributed by atoms with Crippen molar-refractivity contribution >= 4 is 5.91 Å². The predicted molar refractivity (Wildman–Crippen MR) is 67.9 cm³/mol. The minimum Gasteiger partial charge on any atom is -0.350 e. The van der Waals surface area contributed by atoms with Crippen molar-refractivity contribution < 1.29 is 4.79 Å². The van der Waals surface area contributed by atoms with Gasteiger partial charge in [0.05, 0.1) is 0 Å². The second kappa shape index (κ2) is 5.50. The summed E-state index contributed by atoms with van der Waals surface area (Å²) in [7, 11) is 0. The number of pyridine rings is 1. The summed E-state index contributed by atoms with van der Waals surface area (Å²) in [6.07, 6.45) is 2.30. The number of hydrogen-bond acceptors (Lipinski definition) is 3. The van der Waals surface area contributed by atoms with E-state index in [1.54, 1.807) is 12.1 Å². The molecule has 5 nitrogen and oxygen atoms in total. The second-order valence-corrected chi connectivity index (χ2v) is 4.75. The van der Waals surface area contributed by atoms with Crippen molar-refractivity contribution in [3.05, 3.63) is 34.2 Å². The highest BCUT2D eigenvalue weighted by Crippen LogP contribution is 2.06. The highest BCUT2D eigenvalue weighted by Gasteiger charge is 2.18. The number of carbonyl (C=O) groups excluding carboxylic acids is 1. The first-order chi connectivity index (χ1) is 8.39. The van der Waals surface area contributed by atoms with Crippen molar-refractivity contribution in [3.8, 4) is 6.07 Å². The number of nitriles is 1. The summed E-state index contributed by atoms with van der Waals surface area (Å²) in [4.78, 5) is 23.5. The molecule has 0 aliphatic carbocycles. The van der Waals surface area contributed by atoms with Crippen LogP contribution in [0.1, 0.15) is 32.8 Å². The van der Waals surface area contributed by atoms with E-state index in [2.05, 4.69) is 5.32 Å². The molecular weight excluding hydrogens is 230 g/mol. The largest absolute Gasteiger partial charge is 0.350 e. The Labute approximate surface area is 106 Å². The third-order valence-corrected chi connectivity index (χ3v) is 2.82. The number of amides is 1. The third kappa shape index (κ3) is 3.45. The number of carbonyl (C=O) groups is 1. The van der Waals surface area contributed by atoms with E-state index in [4.69, 9.17) is 5.26 Å². The zero-order valence-electron chi connectivity index (χ0n) is 10.9. The monoisotopic (exact) mass is 247 g/mol. The first kappa shape index (κ1) is 14.0. The summed E-state index contributed by atoms with van der Waals surface area (Å²) in [5.41, 5.74) is -0.697. The first-order valence-electron chi connectivity index (χ1n) is 5.80. The lowest BCUT2D eigenvalue weighted by Crippen LogP contribution is -2.45. The molecule has 0 saturated carbocycles. The fourth-order valence-corrected chi connectivity index (χ4v) is 1.41. The lowest BCUT2D eigenvalue weighted by Gasteiger charge is -2.24. The average molecular weight is 247 g/mol. The van der Waals surface area contributed by atoms with E-state index in [0.717, 1.165) is 6.42 Å². The number of rotatable bonds is 4. The Morgan fingerprint density at radius 3 is 2.78 bits per heavy atom. The highest BCUT2D eigenvalue weighted by atomic mass is 16.2. The molecule has 0 bridgehead atoms. The van der Waals surface area contributed by atoms with E-state index in [1.165, 1.54) is 16.8 Å². The zero-order valence-corrected chi connectivity index (χ0v) is 10.9. The molecule has 1 rings (SSSR count). The Bertz CT molecular complexity index is 538. The number of aromatic nitrogens is 1. The third-order valence-electron chi connectivity index (χ3n) is 2.82. The van der Waals surface area contributed by atoms with Crippen LogP contribution in [0.2, 0.25) is 0 Å². The SMILES string of the molecule is CCC(C)(C)NC(=O)Cn1cccc(C#N)c1=O. The maximum Gasteiger partial charge on any atom is 0.268 e. The predicted octanol–water partition coefficient (Wildman–Crippen LogP) is 1.02. The maximum absolute atomic E-state index is 11.8. The second-order valence-electron chi connectivity index (χ2n) is 4.75. The Balaban J connectivity index is 2.84. The Kier molecular flexibility index (Phi) is 4.27. The topological polar surface area (TPSA) is 74.9 Å². The van der Waals surface area contributed by atoms with Crippen LogP contribution in [0.3, 0.4) is 0 Å². The lowest BCUT2D eigenvalue weighted by atomic mass is 10.0. The molecule has 1 aromatic rings. The fraction of sp³-hybridized carbons (Fsp3) is 0.462. The van der Waals surface area contributed by atoms with E-state index >= 15 is 0 Å². The molecule has 1 N–H and O–H groups in total. The average Bonchev–Trinajstić information content (AvgIpc) is 2.31. The van der Waals surface area contributed by atoms with Gasteiger partial charge in [0, 0.05) is 11.7 Å². The molecule has 0 aromatic carbocycles. The quantitative estimate of drug-likeness (QED) is 0.863. The molecule has 18 heavy (non-hydrogen) atoms. The summed E-state index contributed by atoms with van der Waals surface area (Å²) in [6, 6.07) is 4.82. The van der Waals surface area contributed by atoms with Crippen LogP contribution in [0.5, 0.6) is 0 Å². The van der Waals surface area contributed by atoms with Crippen LogP contribution in [0.25, 0.3) is 0 Å². The molecule has 1 aromatic heterocycles.